The predicted octanol–water partition coefficient (Wildman–Crippen LogP) is 3.80. The molecule has 1 aromatic carbocycles. The maximum absolute atomic E-state index is 13.0. The summed E-state index contributed by atoms with van der Waals surface area (Å²) in [5.74, 6) is 0.925. The van der Waals surface area contributed by atoms with Crippen LogP contribution >= 0.6 is 0 Å². The zero-order chi connectivity index (χ0) is 20.2. The second kappa shape index (κ2) is 8.51. The number of amides is 1. The van der Waals surface area contributed by atoms with Gasteiger partial charge >= 0.3 is 0 Å². The zero-order valence-corrected chi connectivity index (χ0v) is 16.3. The van der Waals surface area contributed by atoms with Gasteiger partial charge in [-0.3, -0.25) is 9.78 Å². The minimum Gasteiger partial charge on any atom is -0.339 e. The molecule has 0 bridgehead atoms. The Hall–Kier alpha value is -3.09. The minimum atomic E-state index is -0.234. The van der Waals surface area contributed by atoms with Crippen LogP contribution in [0.5, 0.6) is 0 Å². The van der Waals surface area contributed by atoms with Crippen LogP contribution in [-0.4, -0.2) is 32.5 Å². The molecule has 1 fully saturated rings. The van der Waals surface area contributed by atoms with E-state index in [1.54, 1.807) is 19.1 Å². The van der Waals surface area contributed by atoms with Crippen LogP contribution in [0, 0.1) is 12.7 Å². The summed E-state index contributed by atoms with van der Waals surface area (Å²) in [7, 11) is 0. The van der Waals surface area contributed by atoms with Crippen molar-refractivity contribution >= 4 is 5.91 Å². The molecule has 1 aliphatic rings. The molecule has 0 spiro atoms. The van der Waals surface area contributed by atoms with Gasteiger partial charge in [-0.2, -0.15) is 4.98 Å². The third kappa shape index (κ3) is 4.67. The first kappa shape index (κ1) is 19.2. The van der Waals surface area contributed by atoms with E-state index in [-0.39, 0.29) is 17.8 Å². The Bertz CT molecular complexity index is 969. The first-order valence-electron chi connectivity index (χ1n) is 9.86. The lowest BCUT2D eigenvalue weighted by Gasteiger charge is -2.24. The molecule has 3 aromatic rings. The first-order valence-corrected chi connectivity index (χ1v) is 9.86. The number of benzene rings is 1. The van der Waals surface area contributed by atoms with E-state index in [0.29, 0.717) is 31.0 Å². The van der Waals surface area contributed by atoms with E-state index in [0.717, 1.165) is 36.2 Å². The lowest BCUT2D eigenvalue weighted by atomic mass is 10.0. The molecular weight excluding hydrogens is 371 g/mol. The molecule has 4 rings (SSSR count). The second-order valence-corrected chi connectivity index (χ2v) is 7.38. The predicted molar refractivity (Wildman–Crippen MR) is 104 cm³/mol. The number of halogens is 1. The van der Waals surface area contributed by atoms with Crippen LogP contribution in [0.25, 0.3) is 0 Å². The Balaban J connectivity index is 1.38. The highest BCUT2D eigenvalue weighted by Gasteiger charge is 2.30. The van der Waals surface area contributed by atoms with Gasteiger partial charge in [0, 0.05) is 25.6 Å². The summed E-state index contributed by atoms with van der Waals surface area (Å²) >= 11 is 0. The van der Waals surface area contributed by atoms with Gasteiger partial charge in [-0.05, 0) is 55.5 Å². The van der Waals surface area contributed by atoms with Crippen molar-refractivity contribution in [1.82, 2.24) is 20.0 Å². The summed E-state index contributed by atoms with van der Waals surface area (Å²) in [5.41, 5.74) is 3.00. The fourth-order valence-corrected chi connectivity index (χ4v) is 3.75. The smallest absolute Gasteiger partial charge is 0.227 e. The van der Waals surface area contributed by atoms with Crippen LogP contribution in [0.2, 0.25) is 0 Å². The highest BCUT2D eigenvalue weighted by atomic mass is 19.1. The number of rotatable bonds is 6. The standard InChI is InChI=1S/C22H23FN4O2/c1-15-25-21(29-26-15)10-11-22(28)27-12-2-3-20(27)19-9-6-17(14-24-19)13-16-4-7-18(23)8-5-16/h4-9,14,20H,2-3,10-13H2,1H3/t20-/m0/s1. The van der Waals surface area contributed by atoms with Gasteiger partial charge in [0.25, 0.3) is 0 Å². The van der Waals surface area contributed by atoms with Crippen LogP contribution in [0.3, 0.4) is 0 Å². The van der Waals surface area contributed by atoms with E-state index in [1.807, 2.05) is 23.2 Å². The van der Waals surface area contributed by atoms with Gasteiger partial charge in [0.2, 0.25) is 11.8 Å². The van der Waals surface area contributed by atoms with Gasteiger partial charge in [0.05, 0.1) is 11.7 Å². The van der Waals surface area contributed by atoms with E-state index in [9.17, 15) is 9.18 Å². The Morgan fingerprint density at radius 2 is 2.00 bits per heavy atom. The molecule has 2 aromatic heterocycles. The third-order valence-electron chi connectivity index (χ3n) is 5.21. The summed E-state index contributed by atoms with van der Waals surface area (Å²) in [6.07, 6.45) is 5.23. The topological polar surface area (TPSA) is 72.1 Å². The normalized spacial score (nSPS) is 16.3. The lowest BCUT2D eigenvalue weighted by Crippen LogP contribution is -2.31. The number of carbonyl (C=O) groups excluding carboxylic acids is 1. The molecule has 0 unspecified atom stereocenters. The zero-order valence-electron chi connectivity index (χ0n) is 16.3. The molecule has 29 heavy (non-hydrogen) atoms. The van der Waals surface area contributed by atoms with Crippen molar-refractivity contribution in [2.45, 2.75) is 45.1 Å². The van der Waals surface area contributed by atoms with Crippen molar-refractivity contribution in [3.8, 4) is 0 Å². The van der Waals surface area contributed by atoms with Gasteiger partial charge in [-0.15, -0.1) is 0 Å². The van der Waals surface area contributed by atoms with Gasteiger partial charge in [-0.1, -0.05) is 23.4 Å². The van der Waals surface area contributed by atoms with Crippen molar-refractivity contribution in [2.75, 3.05) is 6.54 Å². The van der Waals surface area contributed by atoms with E-state index < -0.39 is 0 Å². The molecular formula is C22H23FN4O2. The van der Waals surface area contributed by atoms with Crippen molar-refractivity contribution < 1.29 is 13.7 Å². The van der Waals surface area contributed by atoms with E-state index in [2.05, 4.69) is 15.1 Å². The Morgan fingerprint density at radius 1 is 1.21 bits per heavy atom. The SMILES string of the molecule is Cc1noc(CCC(=O)N2CCC[C@H]2c2ccc(Cc3ccc(F)cc3)cn2)n1. The van der Waals surface area contributed by atoms with Crippen molar-refractivity contribution in [2.24, 2.45) is 0 Å². The van der Waals surface area contributed by atoms with Crippen LogP contribution in [0.1, 0.15) is 53.8 Å². The monoisotopic (exact) mass is 394 g/mol. The van der Waals surface area contributed by atoms with E-state index >= 15 is 0 Å². The maximum atomic E-state index is 13.0. The summed E-state index contributed by atoms with van der Waals surface area (Å²) in [6.45, 7) is 2.50. The molecule has 1 saturated heterocycles. The average Bonchev–Trinajstić information content (AvgIpc) is 3.38. The maximum Gasteiger partial charge on any atom is 0.227 e. The molecule has 1 aliphatic heterocycles. The summed E-state index contributed by atoms with van der Waals surface area (Å²) in [4.78, 5) is 23.4. The number of pyridine rings is 1. The number of aryl methyl sites for hydroxylation is 2. The molecule has 0 saturated carbocycles. The third-order valence-corrected chi connectivity index (χ3v) is 5.21. The van der Waals surface area contributed by atoms with Crippen LogP contribution in [0.15, 0.2) is 47.1 Å². The minimum absolute atomic E-state index is 0.00629. The van der Waals surface area contributed by atoms with Crippen LogP contribution < -0.4 is 0 Å². The molecule has 6 nitrogen and oxygen atoms in total. The number of carbonyl (C=O) groups is 1. The Morgan fingerprint density at radius 3 is 2.69 bits per heavy atom. The molecule has 3 heterocycles. The molecule has 150 valence electrons. The number of hydrogen-bond donors (Lipinski definition) is 0. The second-order valence-electron chi connectivity index (χ2n) is 7.38. The Labute approximate surface area is 168 Å². The Kier molecular flexibility index (Phi) is 5.64. The summed E-state index contributed by atoms with van der Waals surface area (Å²) in [6, 6.07) is 10.5. The molecule has 1 atom stereocenters. The summed E-state index contributed by atoms with van der Waals surface area (Å²) in [5, 5.41) is 3.76. The fourth-order valence-electron chi connectivity index (χ4n) is 3.75. The number of nitrogens with zero attached hydrogens (tertiary/aromatic N) is 4. The van der Waals surface area contributed by atoms with Crippen LogP contribution in [0.4, 0.5) is 4.39 Å². The van der Waals surface area contributed by atoms with Gasteiger partial charge < -0.3 is 9.42 Å². The molecule has 0 aliphatic carbocycles. The average molecular weight is 394 g/mol. The molecule has 7 heteroatoms. The molecule has 1 amide bonds. The highest BCUT2D eigenvalue weighted by molar-refractivity contribution is 5.77. The lowest BCUT2D eigenvalue weighted by molar-refractivity contribution is -0.132. The highest BCUT2D eigenvalue weighted by Crippen LogP contribution is 2.31. The molecule has 0 N–H and O–H groups in total. The van der Waals surface area contributed by atoms with Gasteiger partial charge in [0.15, 0.2) is 5.82 Å². The van der Waals surface area contributed by atoms with Crippen molar-refractivity contribution in [3.63, 3.8) is 0 Å². The number of hydrogen-bond acceptors (Lipinski definition) is 5. The van der Waals surface area contributed by atoms with Crippen LogP contribution in [-0.2, 0) is 17.6 Å². The largest absolute Gasteiger partial charge is 0.339 e. The molecule has 0 radical (unpaired) electrons. The first-order chi connectivity index (χ1) is 14.1. The van der Waals surface area contributed by atoms with E-state index in [4.69, 9.17) is 4.52 Å². The summed E-state index contributed by atoms with van der Waals surface area (Å²) < 4.78 is 18.1. The van der Waals surface area contributed by atoms with Crippen molar-refractivity contribution in [3.05, 3.63) is 76.9 Å². The van der Waals surface area contributed by atoms with Gasteiger partial charge in [0.1, 0.15) is 5.82 Å². The number of likely N-dealkylation sites (tertiary alicyclic amines) is 1. The van der Waals surface area contributed by atoms with Gasteiger partial charge in [-0.25, -0.2) is 4.39 Å². The fraction of sp³-hybridized carbons (Fsp3) is 0.364. The van der Waals surface area contributed by atoms with Crippen molar-refractivity contribution in [1.29, 1.82) is 0 Å². The number of aromatic nitrogens is 3. The van der Waals surface area contributed by atoms with E-state index in [1.165, 1.54) is 12.1 Å². The quantitative estimate of drug-likeness (QED) is 0.636.